The smallest absolute Gasteiger partial charge is 0.335 e. The first-order valence-electron chi connectivity index (χ1n) is 7.72. The molecule has 0 aromatic heterocycles. The Morgan fingerprint density at radius 3 is 2.50 bits per heavy atom. The summed E-state index contributed by atoms with van der Waals surface area (Å²) in [4.78, 5) is 29.4. The molecule has 0 aliphatic carbocycles. The molecule has 0 fully saturated rings. The summed E-state index contributed by atoms with van der Waals surface area (Å²) in [5, 5.41) is 18.6. The van der Waals surface area contributed by atoms with Crippen LogP contribution in [0.5, 0.6) is 11.5 Å². The van der Waals surface area contributed by atoms with E-state index in [1.807, 2.05) is 0 Å². The average Bonchev–Trinajstić information content (AvgIpc) is 2.90. The van der Waals surface area contributed by atoms with E-state index in [9.17, 15) is 14.7 Å². The van der Waals surface area contributed by atoms with E-state index in [1.165, 1.54) is 30.2 Å². The summed E-state index contributed by atoms with van der Waals surface area (Å²) >= 11 is 0. The van der Waals surface area contributed by atoms with Crippen molar-refractivity contribution < 1.29 is 24.5 Å². The number of phenols is 1. The molecule has 26 heavy (non-hydrogen) atoms. The van der Waals surface area contributed by atoms with E-state index >= 15 is 0 Å². The quantitative estimate of drug-likeness (QED) is 0.824. The number of hydrogen-bond acceptors (Lipinski definition) is 5. The largest absolute Gasteiger partial charge is 0.504 e. The van der Waals surface area contributed by atoms with Gasteiger partial charge in [0.2, 0.25) is 0 Å². The van der Waals surface area contributed by atoms with Crippen molar-refractivity contribution in [3.63, 3.8) is 0 Å². The summed E-state index contributed by atoms with van der Waals surface area (Å²) in [6.45, 7) is 1.70. The lowest BCUT2D eigenvalue weighted by atomic mass is 10.1. The van der Waals surface area contributed by atoms with Crippen LogP contribution in [0.15, 0.2) is 53.2 Å². The highest BCUT2D eigenvalue weighted by atomic mass is 16.5. The van der Waals surface area contributed by atoms with Crippen molar-refractivity contribution in [1.82, 2.24) is 0 Å². The number of amidine groups is 1. The van der Waals surface area contributed by atoms with Crippen LogP contribution in [0.2, 0.25) is 0 Å². The fraction of sp³-hybridized carbons (Fsp3) is 0.105. The molecule has 0 saturated heterocycles. The van der Waals surface area contributed by atoms with Crippen LogP contribution in [0.3, 0.4) is 0 Å². The highest BCUT2D eigenvalue weighted by Crippen LogP contribution is 2.29. The van der Waals surface area contributed by atoms with Crippen molar-refractivity contribution in [2.75, 3.05) is 12.0 Å². The third-order valence-electron chi connectivity index (χ3n) is 3.91. The molecule has 1 aliphatic rings. The Labute approximate surface area is 149 Å². The zero-order valence-corrected chi connectivity index (χ0v) is 14.1. The maximum Gasteiger partial charge on any atom is 0.335 e. The minimum Gasteiger partial charge on any atom is -0.504 e. The van der Waals surface area contributed by atoms with Gasteiger partial charge in [-0.15, -0.1) is 0 Å². The SMILES string of the molecule is COc1cc(/C=C2\N=C(C)N(c3ccc(C(=O)O)cc3)C2=O)ccc1O. The molecule has 1 amide bonds. The van der Waals surface area contributed by atoms with E-state index in [0.29, 0.717) is 22.8 Å². The Morgan fingerprint density at radius 1 is 1.19 bits per heavy atom. The van der Waals surface area contributed by atoms with Gasteiger partial charge in [-0.1, -0.05) is 6.07 Å². The number of carboxylic acids is 1. The fourth-order valence-electron chi connectivity index (χ4n) is 2.63. The molecule has 1 aliphatic heterocycles. The maximum absolute atomic E-state index is 12.7. The number of hydrogen-bond donors (Lipinski definition) is 2. The zero-order valence-electron chi connectivity index (χ0n) is 14.1. The molecule has 0 bridgehead atoms. The summed E-state index contributed by atoms with van der Waals surface area (Å²) in [6, 6.07) is 10.7. The maximum atomic E-state index is 12.7. The number of aromatic carboxylic acids is 1. The van der Waals surface area contributed by atoms with Crippen LogP contribution in [0.1, 0.15) is 22.8 Å². The van der Waals surface area contributed by atoms with Crippen LogP contribution in [0.25, 0.3) is 6.08 Å². The number of benzene rings is 2. The number of anilines is 1. The third kappa shape index (κ3) is 3.14. The van der Waals surface area contributed by atoms with Gasteiger partial charge >= 0.3 is 5.97 Å². The molecule has 0 radical (unpaired) electrons. The van der Waals surface area contributed by atoms with E-state index < -0.39 is 5.97 Å². The Hall–Kier alpha value is -3.61. The number of carbonyl (C=O) groups is 2. The number of aromatic hydroxyl groups is 1. The van der Waals surface area contributed by atoms with Crippen LogP contribution in [-0.4, -0.2) is 35.0 Å². The first-order chi connectivity index (χ1) is 12.4. The van der Waals surface area contributed by atoms with Crippen LogP contribution < -0.4 is 9.64 Å². The number of carbonyl (C=O) groups excluding carboxylic acids is 1. The second-order valence-corrected chi connectivity index (χ2v) is 5.61. The Balaban J connectivity index is 1.91. The summed E-state index contributed by atoms with van der Waals surface area (Å²) in [6.07, 6.45) is 1.60. The number of phenolic OH excluding ortho intramolecular Hbond substituents is 1. The molecule has 3 rings (SSSR count). The van der Waals surface area contributed by atoms with Gasteiger partial charge in [-0.25, -0.2) is 9.79 Å². The van der Waals surface area contributed by atoms with Crippen molar-refractivity contribution in [1.29, 1.82) is 0 Å². The molecule has 0 saturated carbocycles. The molecule has 0 spiro atoms. The van der Waals surface area contributed by atoms with E-state index in [2.05, 4.69) is 4.99 Å². The molecule has 132 valence electrons. The van der Waals surface area contributed by atoms with Gasteiger partial charge in [0, 0.05) is 0 Å². The summed E-state index contributed by atoms with van der Waals surface area (Å²) < 4.78 is 5.06. The topological polar surface area (TPSA) is 99.4 Å². The van der Waals surface area contributed by atoms with Crippen molar-refractivity contribution in [3.05, 3.63) is 59.3 Å². The Kier molecular flexibility index (Phi) is 4.45. The Bertz CT molecular complexity index is 945. The van der Waals surface area contributed by atoms with Crippen LogP contribution in [-0.2, 0) is 4.79 Å². The minimum atomic E-state index is -1.03. The number of aliphatic imine (C=N–C) groups is 1. The van der Waals surface area contributed by atoms with Gasteiger partial charge in [-0.3, -0.25) is 9.69 Å². The van der Waals surface area contributed by atoms with Crippen LogP contribution in [0.4, 0.5) is 5.69 Å². The number of amides is 1. The van der Waals surface area contributed by atoms with Crippen LogP contribution in [0, 0.1) is 0 Å². The monoisotopic (exact) mass is 352 g/mol. The lowest BCUT2D eigenvalue weighted by Gasteiger charge is -2.16. The standard InChI is InChI=1S/C19H16N2O5/c1-11-20-15(9-12-3-8-16(22)17(10-12)26-2)18(23)21(11)14-6-4-13(5-7-14)19(24)25/h3-10,22H,1-2H3,(H,24,25)/b15-9-. The minimum absolute atomic E-state index is 0.00669. The first kappa shape index (κ1) is 17.2. The van der Waals surface area contributed by atoms with E-state index in [1.54, 1.807) is 37.3 Å². The lowest BCUT2D eigenvalue weighted by Crippen LogP contribution is -2.30. The van der Waals surface area contributed by atoms with Crippen molar-refractivity contribution in [2.24, 2.45) is 4.99 Å². The van der Waals surface area contributed by atoms with E-state index in [0.717, 1.165) is 0 Å². The van der Waals surface area contributed by atoms with Gasteiger partial charge in [0.15, 0.2) is 11.5 Å². The van der Waals surface area contributed by atoms with Gasteiger partial charge in [0.1, 0.15) is 11.5 Å². The molecule has 2 aromatic carbocycles. The van der Waals surface area contributed by atoms with Crippen molar-refractivity contribution in [3.8, 4) is 11.5 Å². The van der Waals surface area contributed by atoms with Gasteiger partial charge < -0.3 is 14.9 Å². The number of ether oxygens (including phenoxy) is 1. The fourth-order valence-corrected chi connectivity index (χ4v) is 2.63. The van der Waals surface area contributed by atoms with E-state index in [4.69, 9.17) is 9.84 Å². The number of carboxylic acid groups (broad SMARTS) is 1. The molecular weight excluding hydrogens is 336 g/mol. The van der Waals surface area contributed by atoms with Gasteiger partial charge in [-0.05, 0) is 55.0 Å². The summed E-state index contributed by atoms with van der Waals surface area (Å²) in [5.74, 6) is -0.567. The second-order valence-electron chi connectivity index (χ2n) is 5.61. The molecule has 0 unspecified atom stereocenters. The predicted octanol–water partition coefficient (Wildman–Crippen LogP) is 2.91. The highest BCUT2D eigenvalue weighted by Gasteiger charge is 2.29. The van der Waals surface area contributed by atoms with Crippen molar-refractivity contribution >= 4 is 29.5 Å². The highest BCUT2D eigenvalue weighted by molar-refractivity contribution is 6.28. The Morgan fingerprint density at radius 2 is 1.88 bits per heavy atom. The second kappa shape index (κ2) is 6.72. The van der Waals surface area contributed by atoms with Gasteiger partial charge in [-0.2, -0.15) is 0 Å². The molecule has 7 heteroatoms. The third-order valence-corrected chi connectivity index (χ3v) is 3.91. The molecular formula is C19H16N2O5. The lowest BCUT2D eigenvalue weighted by molar-refractivity contribution is -0.113. The predicted molar refractivity (Wildman–Crippen MR) is 96.6 cm³/mol. The number of methoxy groups -OCH3 is 1. The number of nitrogens with zero attached hydrogens (tertiary/aromatic N) is 2. The first-order valence-corrected chi connectivity index (χ1v) is 7.72. The molecule has 2 aromatic rings. The molecule has 7 nitrogen and oxygen atoms in total. The van der Waals surface area contributed by atoms with Gasteiger partial charge in [0.05, 0.1) is 18.4 Å². The molecule has 0 atom stereocenters. The zero-order chi connectivity index (χ0) is 18.8. The van der Waals surface area contributed by atoms with Gasteiger partial charge in [0.25, 0.3) is 5.91 Å². The van der Waals surface area contributed by atoms with Crippen molar-refractivity contribution in [2.45, 2.75) is 6.92 Å². The van der Waals surface area contributed by atoms with Crippen LogP contribution >= 0.6 is 0 Å². The normalized spacial score (nSPS) is 15.3. The number of rotatable bonds is 4. The summed E-state index contributed by atoms with van der Waals surface area (Å²) in [7, 11) is 1.44. The van der Waals surface area contributed by atoms with E-state index in [-0.39, 0.29) is 22.9 Å². The molecule has 2 N–H and O–H groups in total. The average molecular weight is 352 g/mol. The molecule has 1 heterocycles. The summed E-state index contributed by atoms with van der Waals surface area (Å²) in [5.41, 5.74) is 1.56.